The Morgan fingerprint density at radius 1 is 1.18 bits per heavy atom. The Morgan fingerprint density at radius 2 is 1.96 bits per heavy atom. The highest BCUT2D eigenvalue weighted by Crippen LogP contribution is 2.34. The Hall–Kier alpha value is -3.41. The number of fused-ring (bicyclic) bond motifs is 2. The van der Waals surface area contributed by atoms with Crippen molar-refractivity contribution < 1.29 is 9.59 Å². The second-order valence-corrected chi connectivity index (χ2v) is 7.28. The van der Waals surface area contributed by atoms with Crippen molar-refractivity contribution in [1.82, 2.24) is 4.98 Å². The summed E-state index contributed by atoms with van der Waals surface area (Å²) in [4.78, 5) is 41.4. The van der Waals surface area contributed by atoms with Gasteiger partial charge in [-0.2, -0.15) is 0 Å². The number of hydrogen-bond acceptors (Lipinski definition) is 3. The summed E-state index contributed by atoms with van der Waals surface area (Å²) in [5, 5.41) is 3.59. The van der Waals surface area contributed by atoms with Gasteiger partial charge in [0, 0.05) is 35.8 Å². The lowest BCUT2D eigenvalue weighted by molar-refractivity contribution is -0.116. The van der Waals surface area contributed by atoms with Gasteiger partial charge in [-0.1, -0.05) is 18.2 Å². The lowest BCUT2D eigenvalue weighted by Gasteiger charge is -2.20. The molecule has 6 heteroatoms. The first-order valence-corrected chi connectivity index (χ1v) is 9.22. The highest BCUT2D eigenvalue weighted by atomic mass is 16.2. The number of amides is 2. The van der Waals surface area contributed by atoms with E-state index in [2.05, 4.69) is 10.3 Å². The van der Waals surface area contributed by atoms with E-state index < -0.39 is 0 Å². The molecule has 0 saturated heterocycles. The summed E-state index contributed by atoms with van der Waals surface area (Å²) < 4.78 is 0. The van der Waals surface area contributed by atoms with Gasteiger partial charge in [0.2, 0.25) is 11.5 Å². The van der Waals surface area contributed by atoms with E-state index in [4.69, 9.17) is 0 Å². The van der Waals surface area contributed by atoms with Gasteiger partial charge in [-0.05, 0) is 49.6 Å². The monoisotopic (exact) mass is 375 g/mol. The molecule has 2 N–H and O–H groups in total. The number of anilines is 2. The fourth-order valence-corrected chi connectivity index (χ4v) is 4.00. The van der Waals surface area contributed by atoms with E-state index in [0.717, 1.165) is 23.2 Å². The zero-order valence-electron chi connectivity index (χ0n) is 16.0. The number of nitrogens with one attached hydrogen (secondary N) is 2. The summed E-state index contributed by atoms with van der Waals surface area (Å²) >= 11 is 0. The number of aromatic nitrogens is 1. The van der Waals surface area contributed by atoms with Gasteiger partial charge in [0.15, 0.2) is 0 Å². The predicted molar refractivity (Wildman–Crippen MR) is 110 cm³/mol. The number of carbonyl (C=O) groups excluding carboxylic acids is 2. The van der Waals surface area contributed by atoms with E-state index in [-0.39, 0.29) is 23.4 Å². The first kappa shape index (κ1) is 18.0. The third kappa shape index (κ3) is 2.97. The minimum absolute atomic E-state index is 0.00776. The Kier molecular flexibility index (Phi) is 4.26. The van der Waals surface area contributed by atoms with Crippen LogP contribution in [-0.4, -0.2) is 22.8 Å². The number of rotatable bonds is 2. The molecule has 3 aromatic rings. The van der Waals surface area contributed by atoms with Crippen molar-refractivity contribution in [1.29, 1.82) is 0 Å². The maximum Gasteiger partial charge on any atom is 0.256 e. The van der Waals surface area contributed by atoms with E-state index >= 15 is 0 Å². The van der Waals surface area contributed by atoms with Crippen LogP contribution in [0.3, 0.4) is 0 Å². The molecule has 0 spiro atoms. The second-order valence-electron chi connectivity index (χ2n) is 7.28. The summed E-state index contributed by atoms with van der Waals surface area (Å²) in [6.07, 6.45) is 0.742. The summed E-state index contributed by atoms with van der Waals surface area (Å²) in [5.74, 6) is -0.329. The molecule has 1 unspecified atom stereocenters. The maximum atomic E-state index is 12.9. The predicted octanol–water partition coefficient (Wildman–Crippen LogP) is 3.39. The first-order valence-electron chi connectivity index (χ1n) is 9.22. The third-order valence-corrected chi connectivity index (χ3v) is 5.22. The van der Waals surface area contributed by atoms with Crippen LogP contribution >= 0.6 is 0 Å². The molecule has 1 aliphatic rings. The van der Waals surface area contributed by atoms with Crippen LogP contribution in [0.25, 0.3) is 10.9 Å². The fourth-order valence-electron chi connectivity index (χ4n) is 4.00. The molecule has 2 amide bonds. The van der Waals surface area contributed by atoms with Crippen LogP contribution in [0.15, 0.2) is 47.3 Å². The summed E-state index contributed by atoms with van der Waals surface area (Å²) in [5.41, 5.74) is 4.14. The molecule has 28 heavy (non-hydrogen) atoms. The summed E-state index contributed by atoms with van der Waals surface area (Å²) in [6.45, 7) is 5.45. The molecule has 0 saturated carbocycles. The average molecular weight is 375 g/mol. The Balaban J connectivity index is 1.68. The number of carbonyl (C=O) groups is 2. The second kappa shape index (κ2) is 6.64. The van der Waals surface area contributed by atoms with Gasteiger partial charge in [-0.3, -0.25) is 14.4 Å². The van der Waals surface area contributed by atoms with E-state index in [1.54, 1.807) is 17.9 Å². The fraction of sp³-hybridized carbons (Fsp3) is 0.227. The van der Waals surface area contributed by atoms with Gasteiger partial charge in [0.1, 0.15) is 0 Å². The van der Waals surface area contributed by atoms with Gasteiger partial charge >= 0.3 is 0 Å². The minimum atomic E-state index is -0.337. The van der Waals surface area contributed by atoms with Crippen molar-refractivity contribution in [3.05, 3.63) is 69.5 Å². The third-order valence-electron chi connectivity index (χ3n) is 5.22. The van der Waals surface area contributed by atoms with E-state index in [1.165, 1.54) is 6.07 Å². The zero-order chi connectivity index (χ0) is 20.0. The average Bonchev–Trinajstić information content (AvgIpc) is 2.97. The van der Waals surface area contributed by atoms with Crippen molar-refractivity contribution in [3.63, 3.8) is 0 Å². The topological polar surface area (TPSA) is 82.3 Å². The molecule has 0 fully saturated rings. The molecular formula is C22H21N3O3. The molecule has 142 valence electrons. The number of H-pyrrole nitrogens is 1. The molecular weight excluding hydrogens is 354 g/mol. The van der Waals surface area contributed by atoms with Crippen LogP contribution in [0.2, 0.25) is 0 Å². The number of benzene rings is 2. The van der Waals surface area contributed by atoms with Gasteiger partial charge < -0.3 is 15.2 Å². The van der Waals surface area contributed by atoms with Crippen molar-refractivity contribution in [2.45, 2.75) is 33.2 Å². The van der Waals surface area contributed by atoms with Crippen LogP contribution < -0.4 is 15.8 Å². The van der Waals surface area contributed by atoms with Gasteiger partial charge in [0.25, 0.3) is 5.91 Å². The number of pyridine rings is 1. The molecule has 0 aliphatic carbocycles. The van der Waals surface area contributed by atoms with Crippen LogP contribution in [-0.2, 0) is 11.2 Å². The van der Waals surface area contributed by atoms with Crippen LogP contribution in [0, 0.1) is 6.92 Å². The van der Waals surface area contributed by atoms with E-state index in [9.17, 15) is 14.4 Å². The molecule has 2 aromatic carbocycles. The Labute approximate surface area is 162 Å². The molecule has 1 atom stereocenters. The quantitative estimate of drug-likeness (QED) is 0.720. The highest BCUT2D eigenvalue weighted by Gasteiger charge is 2.29. The molecule has 4 rings (SSSR count). The number of nitrogens with zero attached hydrogens (tertiary/aromatic N) is 1. The number of para-hydroxylation sites is 1. The number of aromatic amines is 1. The van der Waals surface area contributed by atoms with Crippen LogP contribution in [0.5, 0.6) is 0 Å². The van der Waals surface area contributed by atoms with Gasteiger partial charge in [-0.25, -0.2) is 0 Å². The summed E-state index contributed by atoms with van der Waals surface area (Å²) in [7, 11) is 0. The SMILES string of the molecule is CC(=O)N1c2ccc(NC(=O)c3cc(=O)[nH]c4c(C)cccc34)cc2CC1C. The molecule has 1 aliphatic heterocycles. The maximum absolute atomic E-state index is 12.9. The molecule has 1 aromatic heterocycles. The van der Waals surface area contributed by atoms with Crippen molar-refractivity contribution >= 4 is 34.1 Å². The molecule has 6 nitrogen and oxygen atoms in total. The standard InChI is InChI=1S/C22H21N3O3/c1-12-5-4-6-17-18(11-20(27)24-21(12)17)22(28)23-16-7-8-19-15(10-16)9-13(2)25(19)14(3)26/h4-8,10-11,13H,9H2,1-3H3,(H,23,28)(H,24,27). The molecule has 0 bridgehead atoms. The number of hydrogen-bond donors (Lipinski definition) is 2. The lowest BCUT2D eigenvalue weighted by Crippen LogP contribution is -2.33. The Morgan fingerprint density at radius 3 is 2.71 bits per heavy atom. The number of aryl methyl sites for hydroxylation is 1. The van der Waals surface area contributed by atoms with Gasteiger partial charge in [0.05, 0.1) is 11.1 Å². The van der Waals surface area contributed by atoms with E-state index in [0.29, 0.717) is 22.2 Å². The largest absolute Gasteiger partial charge is 0.322 e. The first-order chi connectivity index (χ1) is 13.3. The van der Waals surface area contributed by atoms with Crippen LogP contribution in [0.4, 0.5) is 11.4 Å². The smallest absolute Gasteiger partial charge is 0.256 e. The Bertz CT molecular complexity index is 1180. The van der Waals surface area contributed by atoms with Crippen LogP contribution in [0.1, 0.15) is 35.3 Å². The van der Waals surface area contributed by atoms with Gasteiger partial charge in [-0.15, -0.1) is 0 Å². The lowest BCUT2D eigenvalue weighted by atomic mass is 10.0. The normalized spacial score (nSPS) is 15.5. The van der Waals surface area contributed by atoms with Crippen molar-refractivity contribution in [2.24, 2.45) is 0 Å². The van der Waals surface area contributed by atoms with Crippen molar-refractivity contribution in [2.75, 3.05) is 10.2 Å². The molecule has 0 radical (unpaired) electrons. The zero-order valence-corrected chi connectivity index (χ0v) is 16.0. The van der Waals surface area contributed by atoms with Crippen molar-refractivity contribution in [3.8, 4) is 0 Å². The van der Waals surface area contributed by atoms with E-state index in [1.807, 2.05) is 44.2 Å². The molecule has 2 heterocycles. The minimum Gasteiger partial charge on any atom is -0.322 e. The summed E-state index contributed by atoms with van der Waals surface area (Å²) in [6, 6.07) is 12.5. The highest BCUT2D eigenvalue weighted by molar-refractivity contribution is 6.12.